The monoisotopic (exact) mass is 428 g/mol. The van der Waals surface area contributed by atoms with Crippen molar-refractivity contribution in [2.45, 2.75) is 13.8 Å². The molecule has 0 spiro atoms. The Balaban J connectivity index is 2.02. The molecule has 2 heterocycles. The first-order valence-electron chi connectivity index (χ1n) is 7.82. The molecule has 1 amide bonds. The Bertz CT molecular complexity index is 1270. The molecule has 1 N–H and O–H groups in total. The zero-order valence-corrected chi connectivity index (χ0v) is 16.3. The highest BCUT2D eigenvalue weighted by molar-refractivity contribution is 9.10. The fourth-order valence-electron chi connectivity index (χ4n) is 3.10. The maximum atomic E-state index is 12.6. The van der Waals surface area contributed by atoms with Gasteiger partial charge in [0.25, 0.3) is 5.91 Å². The third kappa shape index (κ3) is 2.55. The lowest BCUT2D eigenvalue weighted by Crippen LogP contribution is -2.22. The Morgan fingerprint density at radius 3 is 2.62 bits per heavy atom. The Morgan fingerprint density at radius 2 is 1.88 bits per heavy atom. The lowest BCUT2D eigenvalue weighted by molar-refractivity contribution is -0.112. The second-order valence-electron chi connectivity index (χ2n) is 6.10. The van der Waals surface area contributed by atoms with E-state index in [2.05, 4.69) is 20.9 Å². The first kappa shape index (κ1) is 16.9. The molecule has 1 aliphatic rings. The number of aryl methyl sites for hydroxylation is 2. The molecule has 0 saturated heterocycles. The number of carbonyl (C=O) groups excluding carboxylic acids is 1. The van der Waals surface area contributed by atoms with E-state index in [1.807, 2.05) is 26.0 Å². The zero-order valence-electron chi connectivity index (χ0n) is 13.9. The molecule has 0 radical (unpaired) electrons. The standard InChI is InChI=1S/C19H13BrN2O3S/c1-9-3-6-14(10(2)7-9)22-18(24)16(26-19(22)25)15-12-8-11(20)4-5-13(12)21-17(15)23/h3-8,24H,1-2H3. The normalized spacial score (nSPS) is 13.0. The summed E-state index contributed by atoms with van der Waals surface area (Å²) in [7, 11) is 0. The van der Waals surface area contributed by atoms with Crippen LogP contribution in [0.2, 0.25) is 0 Å². The van der Waals surface area contributed by atoms with Crippen molar-refractivity contribution in [3.8, 4) is 11.6 Å². The van der Waals surface area contributed by atoms with E-state index in [1.165, 1.54) is 4.57 Å². The van der Waals surface area contributed by atoms with Gasteiger partial charge in [0.05, 0.1) is 16.6 Å². The van der Waals surface area contributed by atoms with Crippen molar-refractivity contribution < 1.29 is 9.90 Å². The van der Waals surface area contributed by atoms with Gasteiger partial charge in [0.1, 0.15) is 4.88 Å². The van der Waals surface area contributed by atoms with E-state index in [1.54, 1.807) is 24.3 Å². The highest BCUT2D eigenvalue weighted by Gasteiger charge is 2.27. The van der Waals surface area contributed by atoms with Gasteiger partial charge in [0.15, 0.2) is 0 Å². The summed E-state index contributed by atoms with van der Waals surface area (Å²) in [6.07, 6.45) is 0. The summed E-state index contributed by atoms with van der Waals surface area (Å²) in [6, 6.07) is 10.9. The number of hydrogen-bond acceptors (Lipinski definition) is 4. The third-order valence-corrected chi connectivity index (χ3v) is 5.71. The Labute approximate surface area is 160 Å². The molecule has 0 fully saturated rings. The highest BCUT2D eigenvalue weighted by Crippen LogP contribution is 2.31. The van der Waals surface area contributed by atoms with Gasteiger partial charge in [-0.05, 0) is 43.7 Å². The largest absolute Gasteiger partial charge is 0.493 e. The molecule has 0 bridgehead atoms. The lowest BCUT2D eigenvalue weighted by atomic mass is 10.1. The summed E-state index contributed by atoms with van der Waals surface area (Å²) in [5.41, 5.74) is 2.77. The molecule has 0 saturated carbocycles. The van der Waals surface area contributed by atoms with Crippen LogP contribution in [0.15, 0.2) is 50.7 Å². The molecule has 0 aliphatic carbocycles. The number of thiazole rings is 1. The van der Waals surface area contributed by atoms with Gasteiger partial charge in [0, 0.05) is 9.69 Å². The third-order valence-electron chi connectivity index (χ3n) is 4.27. The van der Waals surface area contributed by atoms with Gasteiger partial charge in [-0.2, -0.15) is 0 Å². The van der Waals surface area contributed by atoms with Crippen molar-refractivity contribution in [1.82, 2.24) is 4.57 Å². The quantitative estimate of drug-likeness (QED) is 0.680. The predicted molar refractivity (Wildman–Crippen MR) is 103 cm³/mol. The van der Waals surface area contributed by atoms with Crippen LogP contribution in [0.5, 0.6) is 5.88 Å². The van der Waals surface area contributed by atoms with Crippen LogP contribution in [0.4, 0.5) is 0 Å². The van der Waals surface area contributed by atoms with Crippen molar-refractivity contribution in [2.75, 3.05) is 0 Å². The molecule has 4 rings (SSSR count). The van der Waals surface area contributed by atoms with Crippen molar-refractivity contribution in [3.63, 3.8) is 0 Å². The molecular weight excluding hydrogens is 416 g/mol. The van der Waals surface area contributed by atoms with Gasteiger partial charge in [-0.25, -0.2) is 9.56 Å². The van der Waals surface area contributed by atoms with Crippen molar-refractivity contribution in [2.24, 2.45) is 4.99 Å². The van der Waals surface area contributed by atoms with E-state index in [-0.39, 0.29) is 21.2 Å². The van der Waals surface area contributed by atoms with Crippen LogP contribution in [0, 0.1) is 13.8 Å². The molecule has 2 aromatic carbocycles. The minimum Gasteiger partial charge on any atom is -0.493 e. The lowest BCUT2D eigenvalue weighted by Gasteiger charge is -2.08. The molecule has 7 heteroatoms. The molecule has 0 unspecified atom stereocenters. The minimum absolute atomic E-state index is 0.237. The van der Waals surface area contributed by atoms with E-state index in [9.17, 15) is 14.7 Å². The molecule has 0 atom stereocenters. The average Bonchev–Trinajstić information content (AvgIpc) is 3.03. The van der Waals surface area contributed by atoms with Crippen molar-refractivity contribution >= 4 is 38.7 Å². The maximum absolute atomic E-state index is 12.6. The summed E-state index contributed by atoms with van der Waals surface area (Å²) in [4.78, 5) is 28.9. The summed E-state index contributed by atoms with van der Waals surface area (Å²) in [5, 5.41) is 11.9. The maximum Gasteiger partial charge on any atom is 0.315 e. The number of benzene rings is 2. The second-order valence-corrected chi connectivity index (χ2v) is 7.98. The number of amides is 1. The van der Waals surface area contributed by atoms with Gasteiger partial charge < -0.3 is 5.11 Å². The summed E-state index contributed by atoms with van der Waals surface area (Å²) >= 11 is 4.23. The van der Waals surface area contributed by atoms with Crippen LogP contribution in [0.3, 0.4) is 0 Å². The Hall–Kier alpha value is -2.51. The van der Waals surface area contributed by atoms with Gasteiger partial charge in [0.2, 0.25) is 5.88 Å². The van der Waals surface area contributed by atoms with Crippen LogP contribution in [0.25, 0.3) is 11.3 Å². The van der Waals surface area contributed by atoms with Crippen LogP contribution in [-0.4, -0.2) is 15.6 Å². The van der Waals surface area contributed by atoms with Crippen LogP contribution >= 0.6 is 27.3 Å². The van der Waals surface area contributed by atoms with Gasteiger partial charge in [-0.15, -0.1) is 0 Å². The molecule has 3 aromatic rings. The summed E-state index contributed by atoms with van der Waals surface area (Å²) in [6.45, 7) is 3.84. The Kier molecular flexibility index (Phi) is 3.93. The van der Waals surface area contributed by atoms with E-state index in [4.69, 9.17) is 0 Å². The zero-order chi connectivity index (χ0) is 18.6. The summed E-state index contributed by atoms with van der Waals surface area (Å²) in [5.74, 6) is -0.694. The number of halogens is 1. The molecule has 26 heavy (non-hydrogen) atoms. The molecule has 1 aromatic heterocycles. The van der Waals surface area contributed by atoms with Crippen LogP contribution < -0.4 is 15.4 Å². The minimum atomic E-state index is -0.456. The number of aromatic hydroxyl groups is 1. The molecule has 5 nitrogen and oxygen atoms in total. The van der Waals surface area contributed by atoms with Gasteiger partial charge in [-0.3, -0.25) is 9.59 Å². The van der Waals surface area contributed by atoms with E-state index in [0.717, 1.165) is 26.9 Å². The van der Waals surface area contributed by atoms with Crippen molar-refractivity contribution in [3.05, 3.63) is 77.1 Å². The summed E-state index contributed by atoms with van der Waals surface area (Å²) < 4.78 is 2.03. The fourth-order valence-corrected chi connectivity index (χ4v) is 4.40. The number of rotatable bonds is 2. The molecule has 130 valence electrons. The molecular formula is C19H13BrN2O3S. The SMILES string of the molecule is Cc1ccc(-n2c(O)c(C3=c4cc(Br)ccc4=NC3=O)sc2=O)c(C)c1. The van der Waals surface area contributed by atoms with Crippen LogP contribution in [0.1, 0.15) is 16.0 Å². The average molecular weight is 429 g/mol. The molecule has 1 aliphatic heterocycles. The predicted octanol–water partition coefficient (Wildman–Crippen LogP) is 2.34. The fraction of sp³-hybridized carbons (Fsp3) is 0.105. The number of hydrogen-bond donors (Lipinski definition) is 1. The first-order valence-corrected chi connectivity index (χ1v) is 9.43. The van der Waals surface area contributed by atoms with E-state index in [0.29, 0.717) is 16.3 Å². The van der Waals surface area contributed by atoms with Crippen LogP contribution in [-0.2, 0) is 4.79 Å². The highest BCUT2D eigenvalue weighted by atomic mass is 79.9. The number of carbonyl (C=O) groups is 1. The van der Waals surface area contributed by atoms with Gasteiger partial charge in [-0.1, -0.05) is 45.0 Å². The first-order chi connectivity index (χ1) is 12.4. The topological polar surface area (TPSA) is 71.7 Å². The van der Waals surface area contributed by atoms with E-state index >= 15 is 0 Å². The van der Waals surface area contributed by atoms with Gasteiger partial charge >= 0.3 is 4.87 Å². The number of aromatic nitrogens is 1. The number of nitrogens with zero attached hydrogens (tertiary/aromatic N) is 2. The Morgan fingerprint density at radius 1 is 1.12 bits per heavy atom. The second kappa shape index (κ2) is 6.03. The smallest absolute Gasteiger partial charge is 0.315 e. The van der Waals surface area contributed by atoms with E-state index < -0.39 is 5.91 Å². The van der Waals surface area contributed by atoms with Crippen molar-refractivity contribution in [1.29, 1.82) is 0 Å². The number of fused-ring (bicyclic) bond motifs is 1.